The highest BCUT2D eigenvalue weighted by Crippen LogP contribution is 2.25. The number of rotatable bonds is 5. The molecular weight excluding hydrogens is 282 g/mol. The number of nitrogens with zero attached hydrogens (tertiary/aromatic N) is 1. The second-order valence-corrected chi connectivity index (χ2v) is 4.86. The predicted octanol–water partition coefficient (Wildman–Crippen LogP) is 2.08. The van der Waals surface area contributed by atoms with Gasteiger partial charge in [-0.15, -0.1) is 11.8 Å². The number of carbonyl (C=O) groups excluding carboxylic acids is 1. The van der Waals surface area contributed by atoms with E-state index in [0.29, 0.717) is 17.1 Å². The molecule has 0 unspecified atom stereocenters. The number of amides is 1. The highest BCUT2D eigenvalue weighted by atomic mass is 32.2. The number of non-ortho nitro benzene ring substituents is 1. The summed E-state index contributed by atoms with van der Waals surface area (Å²) in [6.07, 6.45) is 1.33. The van der Waals surface area contributed by atoms with E-state index in [9.17, 15) is 14.9 Å². The number of hydrogen-bond donors (Lipinski definition) is 2. The van der Waals surface area contributed by atoms with Crippen molar-refractivity contribution in [3.63, 3.8) is 0 Å². The predicted molar refractivity (Wildman–Crippen MR) is 73.0 cm³/mol. The van der Waals surface area contributed by atoms with Gasteiger partial charge in [-0.25, -0.2) is 5.84 Å². The number of nitro benzene ring substituents is 1. The molecule has 0 radical (unpaired) electrons. The number of nitrogen functional groups attached to an aromatic ring is 1. The average Bonchev–Trinajstić information content (AvgIpc) is 2.93. The van der Waals surface area contributed by atoms with Crippen LogP contribution in [0.3, 0.4) is 0 Å². The van der Waals surface area contributed by atoms with Crippen LogP contribution in [0.15, 0.2) is 45.9 Å². The van der Waals surface area contributed by atoms with Gasteiger partial charge in [-0.1, -0.05) is 0 Å². The van der Waals surface area contributed by atoms with E-state index in [0.717, 1.165) is 4.90 Å². The summed E-state index contributed by atoms with van der Waals surface area (Å²) >= 11 is 1.45. The fourth-order valence-corrected chi connectivity index (χ4v) is 2.27. The van der Waals surface area contributed by atoms with Gasteiger partial charge in [0, 0.05) is 17.0 Å². The fourth-order valence-electron chi connectivity index (χ4n) is 1.48. The van der Waals surface area contributed by atoms with Crippen molar-refractivity contribution in [2.24, 2.45) is 5.84 Å². The zero-order valence-electron chi connectivity index (χ0n) is 10.2. The third-order valence-corrected chi connectivity index (χ3v) is 3.51. The van der Waals surface area contributed by atoms with Gasteiger partial charge in [-0.05, 0) is 18.2 Å². The van der Waals surface area contributed by atoms with Crippen molar-refractivity contribution in [2.75, 3.05) is 0 Å². The molecular formula is C12H11N3O4S. The third-order valence-electron chi connectivity index (χ3n) is 2.48. The first-order valence-corrected chi connectivity index (χ1v) is 6.54. The molecule has 1 aromatic heterocycles. The Morgan fingerprint density at radius 1 is 1.40 bits per heavy atom. The molecule has 1 heterocycles. The molecule has 0 atom stereocenters. The molecule has 3 N–H and O–H groups in total. The molecule has 0 bridgehead atoms. The lowest BCUT2D eigenvalue weighted by atomic mass is 10.3. The maximum Gasteiger partial charge on any atom is 0.269 e. The van der Waals surface area contributed by atoms with Crippen molar-refractivity contribution >= 4 is 23.4 Å². The maximum absolute atomic E-state index is 11.2. The number of carbonyl (C=O) groups is 1. The standard InChI is InChI=1S/C12H11N3O4S/c13-14-12(16)8-5-10(19-6-8)7-20-11-3-1-9(2-4-11)15(17)18/h1-6H,7,13H2,(H,14,16). The number of furan rings is 1. The van der Waals surface area contributed by atoms with E-state index in [1.807, 2.05) is 5.43 Å². The van der Waals surface area contributed by atoms with E-state index in [4.69, 9.17) is 10.3 Å². The summed E-state index contributed by atoms with van der Waals surface area (Å²) < 4.78 is 5.23. The molecule has 2 rings (SSSR count). The number of hydrogen-bond acceptors (Lipinski definition) is 6. The molecule has 0 fully saturated rings. The van der Waals surface area contributed by atoms with Gasteiger partial charge in [-0.3, -0.25) is 20.3 Å². The Kier molecular flexibility index (Phi) is 4.38. The largest absolute Gasteiger partial charge is 0.468 e. The Morgan fingerprint density at radius 2 is 2.10 bits per heavy atom. The van der Waals surface area contributed by atoms with Crippen LogP contribution in [-0.2, 0) is 5.75 Å². The molecule has 0 aliphatic rings. The van der Waals surface area contributed by atoms with E-state index >= 15 is 0 Å². The van der Waals surface area contributed by atoms with Crippen molar-refractivity contribution < 1.29 is 14.1 Å². The molecule has 20 heavy (non-hydrogen) atoms. The lowest BCUT2D eigenvalue weighted by Gasteiger charge is -1.98. The summed E-state index contributed by atoms with van der Waals surface area (Å²) in [6.45, 7) is 0. The van der Waals surface area contributed by atoms with Crippen molar-refractivity contribution in [1.82, 2.24) is 5.43 Å². The average molecular weight is 293 g/mol. The fraction of sp³-hybridized carbons (Fsp3) is 0.0833. The highest BCUT2D eigenvalue weighted by molar-refractivity contribution is 7.98. The van der Waals surface area contributed by atoms with Crippen LogP contribution in [0.2, 0.25) is 0 Å². The molecule has 104 valence electrons. The molecule has 0 aliphatic heterocycles. The Labute approximate surface area is 118 Å². The van der Waals surface area contributed by atoms with E-state index in [1.165, 1.54) is 30.2 Å². The summed E-state index contributed by atoms with van der Waals surface area (Å²) in [7, 11) is 0. The zero-order chi connectivity index (χ0) is 14.5. The third kappa shape index (κ3) is 3.37. The van der Waals surface area contributed by atoms with Gasteiger partial charge in [0.1, 0.15) is 12.0 Å². The SMILES string of the molecule is NNC(=O)c1coc(CSc2ccc([N+](=O)[O-])cc2)c1. The van der Waals surface area contributed by atoms with Crippen molar-refractivity contribution in [3.8, 4) is 0 Å². The molecule has 0 spiro atoms. The Bertz CT molecular complexity index is 624. The van der Waals surface area contributed by atoms with Gasteiger partial charge in [0.05, 0.1) is 16.2 Å². The highest BCUT2D eigenvalue weighted by Gasteiger charge is 2.09. The van der Waals surface area contributed by atoms with Crippen LogP contribution in [0.4, 0.5) is 5.69 Å². The second kappa shape index (κ2) is 6.22. The van der Waals surface area contributed by atoms with Gasteiger partial charge in [0.25, 0.3) is 11.6 Å². The van der Waals surface area contributed by atoms with Gasteiger partial charge in [0.15, 0.2) is 0 Å². The van der Waals surface area contributed by atoms with Gasteiger partial charge in [-0.2, -0.15) is 0 Å². The maximum atomic E-state index is 11.2. The van der Waals surface area contributed by atoms with Crippen LogP contribution in [0.1, 0.15) is 16.1 Å². The zero-order valence-corrected chi connectivity index (χ0v) is 11.1. The van der Waals surface area contributed by atoms with Crippen LogP contribution < -0.4 is 11.3 Å². The number of nitro groups is 1. The Hall–Kier alpha value is -2.32. The molecule has 2 aromatic rings. The molecule has 1 amide bonds. The van der Waals surface area contributed by atoms with Crippen molar-refractivity contribution in [2.45, 2.75) is 10.6 Å². The van der Waals surface area contributed by atoms with Crippen LogP contribution in [0.25, 0.3) is 0 Å². The smallest absolute Gasteiger partial charge is 0.269 e. The minimum Gasteiger partial charge on any atom is -0.468 e. The van der Waals surface area contributed by atoms with E-state index in [2.05, 4.69) is 0 Å². The van der Waals surface area contributed by atoms with Crippen LogP contribution in [0.5, 0.6) is 0 Å². The summed E-state index contributed by atoms with van der Waals surface area (Å²) in [5.74, 6) is 5.73. The number of benzene rings is 1. The molecule has 0 saturated carbocycles. The topological polar surface area (TPSA) is 111 Å². The summed E-state index contributed by atoms with van der Waals surface area (Å²) in [6, 6.07) is 7.81. The first-order chi connectivity index (χ1) is 9.60. The molecule has 0 aliphatic carbocycles. The summed E-state index contributed by atoms with van der Waals surface area (Å²) in [5, 5.41) is 10.5. The molecule has 7 nitrogen and oxygen atoms in total. The number of hydrazine groups is 1. The van der Waals surface area contributed by atoms with E-state index in [1.54, 1.807) is 18.2 Å². The Balaban J connectivity index is 1.96. The van der Waals surface area contributed by atoms with Gasteiger partial charge < -0.3 is 4.42 Å². The van der Waals surface area contributed by atoms with Gasteiger partial charge >= 0.3 is 0 Å². The molecule has 8 heteroatoms. The Morgan fingerprint density at radius 3 is 2.70 bits per heavy atom. The second-order valence-electron chi connectivity index (χ2n) is 3.81. The van der Waals surface area contributed by atoms with Gasteiger partial charge in [0.2, 0.25) is 0 Å². The first-order valence-electron chi connectivity index (χ1n) is 5.56. The number of nitrogens with two attached hydrogens (primary N) is 1. The summed E-state index contributed by atoms with van der Waals surface area (Å²) in [4.78, 5) is 22.2. The molecule has 0 saturated heterocycles. The lowest BCUT2D eigenvalue weighted by Crippen LogP contribution is -2.29. The minimum atomic E-state index is -0.446. The number of thioether (sulfide) groups is 1. The minimum absolute atomic E-state index is 0.0502. The van der Waals surface area contributed by atoms with Crippen LogP contribution in [0, 0.1) is 10.1 Å². The molecule has 1 aromatic carbocycles. The number of nitrogens with one attached hydrogen (secondary N) is 1. The monoisotopic (exact) mass is 293 g/mol. The van der Waals surface area contributed by atoms with Crippen molar-refractivity contribution in [1.29, 1.82) is 0 Å². The lowest BCUT2D eigenvalue weighted by molar-refractivity contribution is -0.384. The van der Waals surface area contributed by atoms with E-state index in [-0.39, 0.29) is 5.69 Å². The van der Waals surface area contributed by atoms with E-state index < -0.39 is 10.8 Å². The summed E-state index contributed by atoms with van der Waals surface area (Å²) in [5.41, 5.74) is 2.42. The first kappa shape index (κ1) is 14.1. The van der Waals surface area contributed by atoms with Crippen molar-refractivity contribution in [3.05, 3.63) is 58.0 Å². The van der Waals surface area contributed by atoms with Crippen LogP contribution >= 0.6 is 11.8 Å². The normalized spacial score (nSPS) is 10.2. The quantitative estimate of drug-likeness (QED) is 0.287. The van der Waals surface area contributed by atoms with Crippen LogP contribution in [-0.4, -0.2) is 10.8 Å².